The Hall–Kier alpha value is -2.91. The van der Waals surface area contributed by atoms with Crippen LogP contribution in [0.2, 0.25) is 5.02 Å². The monoisotopic (exact) mass is 520 g/mol. The molecule has 1 aliphatic heterocycles. The van der Waals surface area contributed by atoms with Gasteiger partial charge in [0.1, 0.15) is 11.6 Å². The van der Waals surface area contributed by atoms with Crippen molar-refractivity contribution in [3.05, 3.63) is 69.5 Å². The first-order chi connectivity index (χ1) is 15.4. The second kappa shape index (κ2) is 9.30. The maximum Gasteiger partial charge on any atom is 0.231 e. The Kier molecular flexibility index (Phi) is 6.48. The van der Waals surface area contributed by atoms with Gasteiger partial charge in [0.15, 0.2) is 5.82 Å². The molecule has 0 spiro atoms. The van der Waals surface area contributed by atoms with Crippen LogP contribution in [-0.2, 0) is 16.1 Å². The summed E-state index contributed by atoms with van der Waals surface area (Å²) in [6.45, 7) is 0.403. The lowest BCUT2D eigenvalue weighted by atomic mass is 10.1. The molecule has 2 amide bonds. The molecule has 7 nitrogen and oxygen atoms in total. The summed E-state index contributed by atoms with van der Waals surface area (Å²) in [5, 5.41) is 7.55. The van der Waals surface area contributed by atoms with Crippen molar-refractivity contribution < 1.29 is 18.7 Å². The molecule has 2 aromatic carbocycles. The van der Waals surface area contributed by atoms with E-state index in [1.807, 2.05) is 0 Å². The third-order valence-corrected chi connectivity index (χ3v) is 5.99. The number of carbonyl (C=O) groups is 2. The molecule has 3 aromatic rings. The Bertz CT molecular complexity index is 1190. The Morgan fingerprint density at radius 2 is 2.12 bits per heavy atom. The zero-order valence-electron chi connectivity index (χ0n) is 17.0. The first-order valence-electron chi connectivity index (χ1n) is 9.77. The van der Waals surface area contributed by atoms with Gasteiger partial charge in [0.25, 0.3) is 0 Å². The molecule has 1 N–H and O–H groups in total. The molecule has 1 saturated heterocycles. The quantitative estimate of drug-likeness (QED) is 0.519. The fourth-order valence-corrected chi connectivity index (χ4v) is 4.15. The molecule has 0 saturated carbocycles. The van der Waals surface area contributed by atoms with Gasteiger partial charge in [-0.25, -0.2) is 4.39 Å². The Morgan fingerprint density at radius 1 is 1.34 bits per heavy atom. The first kappa shape index (κ1) is 22.3. The maximum absolute atomic E-state index is 13.9. The number of halogens is 3. The lowest BCUT2D eigenvalue weighted by molar-refractivity contribution is -0.122. The summed E-state index contributed by atoms with van der Waals surface area (Å²) < 4.78 is 21.3. The van der Waals surface area contributed by atoms with E-state index in [1.165, 1.54) is 22.8 Å². The highest BCUT2D eigenvalue weighted by Crippen LogP contribution is 2.35. The van der Waals surface area contributed by atoms with Gasteiger partial charge in [-0.3, -0.25) is 14.3 Å². The Labute approximate surface area is 197 Å². The second-order valence-corrected chi connectivity index (χ2v) is 8.62. The molecule has 0 radical (unpaired) electrons. The van der Waals surface area contributed by atoms with Crippen LogP contribution in [0.5, 0.6) is 5.75 Å². The molecule has 10 heteroatoms. The minimum Gasteiger partial charge on any atom is -0.495 e. The van der Waals surface area contributed by atoms with Gasteiger partial charge in [-0.1, -0.05) is 29.8 Å². The number of rotatable bonds is 6. The zero-order valence-corrected chi connectivity index (χ0v) is 19.4. The van der Waals surface area contributed by atoms with Crippen LogP contribution in [-0.4, -0.2) is 35.2 Å². The summed E-state index contributed by atoms with van der Waals surface area (Å²) in [5.74, 6) is -0.634. The van der Waals surface area contributed by atoms with E-state index in [-0.39, 0.29) is 37.1 Å². The highest BCUT2D eigenvalue weighted by Gasteiger charge is 2.36. The average molecular weight is 522 g/mol. The van der Waals surface area contributed by atoms with Crippen LogP contribution in [0.25, 0.3) is 0 Å². The lowest BCUT2D eigenvalue weighted by Crippen LogP contribution is -2.28. The van der Waals surface area contributed by atoms with E-state index < -0.39 is 5.92 Å². The number of hydrogen-bond acceptors (Lipinski definition) is 4. The summed E-state index contributed by atoms with van der Waals surface area (Å²) in [5.41, 5.74) is 1.00. The molecule has 1 aliphatic rings. The summed E-state index contributed by atoms with van der Waals surface area (Å²) in [6, 6.07) is 11.4. The van der Waals surface area contributed by atoms with Gasteiger partial charge in [0, 0.05) is 29.7 Å². The van der Waals surface area contributed by atoms with Gasteiger partial charge in [-0.05, 0) is 40.2 Å². The van der Waals surface area contributed by atoms with Crippen molar-refractivity contribution >= 4 is 50.9 Å². The molecule has 1 atom stereocenters. The predicted molar refractivity (Wildman–Crippen MR) is 123 cm³/mol. The molecule has 166 valence electrons. The van der Waals surface area contributed by atoms with Crippen LogP contribution in [0, 0.1) is 11.7 Å². The number of methoxy groups -OCH3 is 1. The summed E-state index contributed by atoms with van der Waals surface area (Å²) >= 11 is 9.45. The first-order valence-corrected chi connectivity index (χ1v) is 10.9. The molecule has 0 bridgehead atoms. The number of benzene rings is 2. The van der Waals surface area contributed by atoms with Crippen LogP contribution in [0.1, 0.15) is 12.0 Å². The highest BCUT2D eigenvalue weighted by molar-refractivity contribution is 9.10. The fraction of sp³-hybridized carbons (Fsp3) is 0.227. The number of aromatic nitrogens is 2. The number of amides is 2. The van der Waals surface area contributed by atoms with Crippen LogP contribution in [0.15, 0.2) is 53.1 Å². The number of nitrogens with one attached hydrogen (secondary N) is 1. The number of anilines is 2. The molecular formula is C22H19BrClFN4O3. The topological polar surface area (TPSA) is 76.5 Å². The van der Waals surface area contributed by atoms with E-state index in [1.54, 1.807) is 42.6 Å². The van der Waals surface area contributed by atoms with Crippen LogP contribution < -0.4 is 15.0 Å². The summed E-state index contributed by atoms with van der Waals surface area (Å²) in [7, 11) is 1.51. The van der Waals surface area contributed by atoms with Gasteiger partial charge in [0.2, 0.25) is 11.8 Å². The van der Waals surface area contributed by atoms with Crippen LogP contribution >= 0.6 is 27.5 Å². The molecule has 1 fully saturated rings. The van der Waals surface area contributed by atoms with Crippen molar-refractivity contribution in [3.63, 3.8) is 0 Å². The van der Waals surface area contributed by atoms with Crippen molar-refractivity contribution in [2.45, 2.75) is 13.0 Å². The fourth-order valence-electron chi connectivity index (χ4n) is 3.57. The molecule has 2 heterocycles. The average Bonchev–Trinajstić information content (AvgIpc) is 3.32. The zero-order chi connectivity index (χ0) is 22.8. The number of ether oxygens (including phenoxy) is 1. The predicted octanol–water partition coefficient (Wildman–Crippen LogP) is 4.49. The standard InChI is InChI=1S/C22H19BrClFN4O3/c1-32-19-7-6-15(24)9-18(19)29-11-14(8-20(29)30)22(31)26-21-16(23)12-28(27-21)10-13-4-2-3-5-17(13)25/h2-7,9,12,14H,8,10-11H2,1H3,(H,26,27,31). The van der Waals surface area contributed by atoms with Gasteiger partial charge < -0.3 is 15.0 Å². The maximum atomic E-state index is 13.9. The number of carbonyl (C=O) groups excluding carboxylic acids is 2. The Morgan fingerprint density at radius 3 is 2.88 bits per heavy atom. The largest absolute Gasteiger partial charge is 0.495 e. The summed E-state index contributed by atoms with van der Waals surface area (Å²) in [6.07, 6.45) is 1.71. The van der Waals surface area contributed by atoms with Crippen LogP contribution in [0.4, 0.5) is 15.9 Å². The van der Waals surface area contributed by atoms with Crippen molar-refractivity contribution in [2.24, 2.45) is 5.92 Å². The van der Waals surface area contributed by atoms with Crippen molar-refractivity contribution in [3.8, 4) is 5.75 Å². The minimum absolute atomic E-state index is 0.0506. The molecule has 1 unspecified atom stereocenters. The third-order valence-electron chi connectivity index (χ3n) is 5.18. The van der Waals surface area contributed by atoms with Crippen LogP contribution in [0.3, 0.4) is 0 Å². The molecule has 32 heavy (non-hydrogen) atoms. The summed E-state index contributed by atoms with van der Waals surface area (Å²) in [4.78, 5) is 27.0. The van der Waals surface area contributed by atoms with Crippen molar-refractivity contribution in [1.82, 2.24) is 9.78 Å². The highest BCUT2D eigenvalue weighted by atomic mass is 79.9. The number of hydrogen-bond donors (Lipinski definition) is 1. The van der Waals surface area contributed by atoms with E-state index in [2.05, 4.69) is 26.3 Å². The van der Waals surface area contributed by atoms with Gasteiger partial charge >= 0.3 is 0 Å². The van der Waals surface area contributed by atoms with Gasteiger partial charge in [-0.2, -0.15) is 5.10 Å². The van der Waals surface area contributed by atoms with Gasteiger partial charge in [-0.15, -0.1) is 0 Å². The van der Waals surface area contributed by atoms with Crippen molar-refractivity contribution in [1.29, 1.82) is 0 Å². The SMILES string of the molecule is COc1ccc(Cl)cc1N1CC(C(=O)Nc2nn(Cc3ccccc3F)cc2Br)CC1=O. The number of nitrogens with zero attached hydrogens (tertiary/aromatic N) is 3. The second-order valence-electron chi connectivity index (χ2n) is 7.33. The normalized spacial score (nSPS) is 15.8. The minimum atomic E-state index is -0.574. The van der Waals surface area contributed by atoms with Crippen molar-refractivity contribution in [2.75, 3.05) is 23.9 Å². The Balaban J connectivity index is 1.46. The molecule has 1 aromatic heterocycles. The van der Waals surface area contributed by atoms with E-state index in [0.29, 0.717) is 32.3 Å². The third kappa shape index (κ3) is 4.63. The van der Waals surface area contributed by atoms with E-state index in [0.717, 1.165) is 0 Å². The molecular weight excluding hydrogens is 503 g/mol. The van der Waals surface area contributed by atoms with E-state index in [4.69, 9.17) is 16.3 Å². The lowest BCUT2D eigenvalue weighted by Gasteiger charge is -2.19. The van der Waals surface area contributed by atoms with E-state index >= 15 is 0 Å². The molecule has 4 rings (SSSR count). The van der Waals surface area contributed by atoms with E-state index in [9.17, 15) is 14.0 Å². The van der Waals surface area contributed by atoms with Gasteiger partial charge in [0.05, 0.1) is 29.7 Å². The smallest absolute Gasteiger partial charge is 0.231 e. The molecule has 0 aliphatic carbocycles.